The predicted octanol–water partition coefficient (Wildman–Crippen LogP) is 1.17. The molecule has 0 aromatic carbocycles. The topological polar surface area (TPSA) is 20.2 Å². The number of aliphatic hydroxyl groups excluding tert-OH is 1. The third-order valence-electron chi connectivity index (χ3n) is 0.762. The largest absolute Gasteiger partial charge is 0.396 e. The van der Waals surface area contributed by atoms with Crippen molar-refractivity contribution in [2.45, 2.75) is 26.2 Å². The van der Waals surface area contributed by atoms with Crippen molar-refractivity contribution in [2.75, 3.05) is 6.61 Å². The molecule has 0 rings (SSSR count). The molecule has 0 unspecified atom stereocenters. The molecule has 7 heavy (non-hydrogen) atoms. The summed E-state index contributed by atoms with van der Waals surface area (Å²) in [6.07, 6.45) is 3.33. The van der Waals surface area contributed by atoms with Gasteiger partial charge in [0.1, 0.15) is 0 Å². The summed E-state index contributed by atoms with van der Waals surface area (Å²) in [5, 5.41) is 8.20. The number of hydrogen-bond acceptors (Lipinski definition) is 1. The molecule has 0 aliphatic carbocycles. The van der Waals surface area contributed by atoms with E-state index in [1.165, 1.54) is 6.42 Å². The van der Waals surface area contributed by atoms with Gasteiger partial charge in [-0.25, -0.2) is 0 Å². The molecule has 0 aliphatic rings. The average molecular weight is 196 g/mol. The Morgan fingerprint density at radius 3 is 2.00 bits per heavy atom. The molecule has 1 N–H and O–H groups in total. The Morgan fingerprint density at radius 1 is 1.29 bits per heavy atom. The van der Waals surface area contributed by atoms with E-state index in [4.69, 9.17) is 5.11 Å². The van der Waals surface area contributed by atoms with E-state index in [-0.39, 0.29) is 22.4 Å². The van der Waals surface area contributed by atoms with E-state index in [9.17, 15) is 0 Å². The fourth-order valence-corrected chi connectivity index (χ4v) is 0.362. The van der Waals surface area contributed by atoms with Crippen LogP contribution in [0, 0.1) is 0 Å². The third-order valence-corrected chi connectivity index (χ3v) is 0.762. The van der Waals surface area contributed by atoms with Crippen molar-refractivity contribution in [3.05, 3.63) is 0 Å². The van der Waals surface area contributed by atoms with Gasteiger partial charge in [0.25, 0.3) is 0 Å². The molecule has 0 amide bonds. The van der Waals surface area contributed by atoms with Crippen LogP contribution in [0.4, 0.5) is 0 Å². The zero-order chi connectivity index (χ0) is 4.83. The van der Waals surface area contributed by atoms with E-state index in [1.807, 2.05) is 0 Å². The zero-order valence-corrected chi connectivity index (χ0v) is 6.06. The molecule has 0 spiro atoms. The first-order valence-corrected chi connectivity index (χ1v) is 2.52. The van der Waals surface area contributed by atoms with Gasteiger partial charge in [0, 0.05) is 29.0 Å². The van der Waals surface area contributed by atoms with Gasteiger partial charge in [0.2, 0.25) is 0 Å². The van der Waals surface area contributed by atoms with Crippen LogP contribution in [0.15, 0.2) is 0 Å². The SMILES string of the molecule is CCCCCO.[Ag]. The fraction of sp³-hybridized carbons (Fsp3) is 1.00. The second-order valence-corrected chi connectivity index (χ2v) is 1.43. The summed E-state index contributed by atoms with van der Waals surface area (Å²) in [7, 11) is 0. The van der Waals surface area contributed by atoms with Crippen LogP contribution < -0.4 is 0 Å². The van der Waals surface area contributed by atoms with Crippen LogP contribution in [0.1, 0.15) is 26.2 Å². The second-order valence-electron chi connectivity index (χ2n) is 1.43. The first-order chi connectivity index (χ1) is 2.91. The third kappa shape index (κ3) is 10.8. The van der Waals surface area contributed by atoms with Crippen molar-refractivity contribution in [2.24, 2.45) is 0 Å². The number of aliphatic hydroxyl groups is 1. The molecule has 0 atom stereocenters. The van der Waals surface area contributed by atoms with Gasteiger partial charge in [-0.1, -0.05) is 19.8 Å². The van der Waals surface area contributed by atoms with E-state index >= 15 is 0 Å². The van der Waals surface area contributed by atoms with E-state index in [0.717, 1.165) is 12.8 Å². The molecule has 0 aliphatic heterocycles. The van der Waals surface area contributed by atoms with Crippen LogP contribution >= 0.6 is 0 Å². The fourth-order valence-electron chi connectivity index (χ4n) is 0.362. The molecule has 1 radical (unpaired) electrons. The Bertz CT molecular complexity index is 20.0. The molecule has 0 heterocycles. The quantitative estimate of drug-likeness (QED) is 0.530. The molecule has 0 aromatic rings. The van der Waals surface area contributed by atoms with Crippen molar-refractivity contribution in [3.63, 3.8) is 0 Å². The Kier molecular flexibility index (Phi) is 15.0. The number of unbranched alkanes of at least 4 members (excludes halogenated alkanes) is 2. The second kappa shape index (κ2) is 9.85. The average Bonchev–Trinajstić information content (AvgIpc) is 1.61. The molecule has 49 valence electrons. The summed E-state index contributed by atoms with van der Waals surface area (Å²) in [6, 6.07) is 0. The first-order valence-electron chi connectivity index (χ1n) is 2.52. The standard InChI is InChI=1S/C5H12O.Ag/c1-2-3-4-5-6;/h6H,2-5H2,1H3;. The molecule has 1 nitrogen and oxygen atoms in total. The van der Waals surface area contributed by atoms with Crippen molar-refractivity contribution in [1.82, 2.24) is 0 Å². The molecule has 0 saturated heterocycles. The smallest absolute Gasteiger partial charge is 0.0431 e. The van der Waals surface area contributed by atoms with Gasteiger partial charge in [-0.15, -0.1) is 0 Å². The van der Waals surface area contributed by atoms with Crippen LogP contribution in [0.3, 0.4) is 0 Å². The monoisotopic (exact) mass is 195 g/mol. The summed E-state index contributed by atoms with van der Waals surface area (Å²) in [6.45, 7) is 2.48. The molecule has 0 saturated carbocycles. The van der Waals surface area contributed by atoms with Crippen LogP contribution in [-0.2, 0) is 22.4 Å². The summed E-state index contributed by atoms with van der Waals surface area (Å²) >= 11 is 0. The number of hydrogen-bond donors (Lipinski definition) is 1. The van der Waals surface area contributed by atoms with E-state index in [0.29, 0.717) is 6.61 Å². The van der Waals surface area contributed by atoms with Crippen molar-refractivity contribution in [3.8, 4) is 0 Å². The first kappa shape index (κ1) is 10.6. The van der Waals surface area contributed by atoms with Gasteiger partial charge in [-0.05, 0) is 6.42 Å². The Hall–Kier alpha value is 0.700. The van der Waals surface area contributed by atoms with Gasteiger partial charge in [-0.3, -0.25) is 0 Å². The molecule has 2 heteroatoms. The van der Waals surface area contributed by atoms with E-state index < -0.39 is 0 Å². The molecule has 0 bridgehead atoms. The van der Waals surface area contributed by atoms with Gasteiger partial charge < -0.3 is 5.11 Å². The van der Waals surface area contributed by atoms with Crippen LogP contribution in [0.2, 0.25) is 0 Å². The zero-order valence-electron chi connectivity index (χ0n) is 4.58. The summed E-state index contributed by atoms with van der Waals surface area (Å²) in [5.41, 5.74) is 0. The Morgan fingerprint density at radius 2 is 1.86 bits per heavy atom. The van der Waals surface area contributed by atoms with E-state index in [2.05, 4.69) is 6.92 Å². The Balaban J connectivity index is 0. The Labute approximate surface area is 60.6 Å². The summed E-state index contributed by atoms with van der Waals surface area (Å²) < 4.78 is 0. The van der Waals surface area contributed by atoms with E-state index in [1.54, 1.807) is 0 Å². The van der Waals surface area contributed by atoms with Gasteiger partial charge in [0.05, 0.1) is 0 Å². The van der Waals surface area contributed by atoms with Crippen molar-refractivity contribution in [1.29, 1.82) is 0 Å². The van der Waals surface area contributed by atoms with Crippen molar-refractivity contribution < 1.29 is 27.5 Å². The normalized spacial score (nSPS) is 7.71. The van der Waals surface area contributed by atoms with Crippen LogP contribution in [0.5, 0.6) is 0 Å². The number of rotatable bonds is 3. The summed E-state index contributed by atoms with van der Waals surface area (Å²) in [4.78, 5) is 0. The van der Waals surface area contributed by atoms with Gasteiger partial charge >= 0.3 is 0 Å². The molecule has 0 aromatic heterocycles. The van der Waals surface area contributed by atoms with Gasteiger partial charge in [0.15, 0.2) is 0 Å². The molecular formula is C5H12AgO. The maximum absolute atomic E-state index is 8.20. The van der Waals surface area contributed by atoms with Gasteiger partial charge in [-0.2, -0.15) is 0 Å². The minimum absolute atomic E-state index is 0. The minimum atomic E-state index is 0. The van der Waals surface area contributed by atoms with Crippen LogP contribution in [0.25, 0.3) is 0 Å². The summed E-state index contributed by atoms with van der Waals surface area (Å²) in [5.74, 6) is 0. The van der Waals surface area contributed by atoms with Crippen molar-refractivity contribution >= 4 is 0 Å². The maximum Gasteiger partial charge on any atom is 0.0431 e. The molecule has 0 fully saturated rings. The maximum atomic E-state index is 8.20. The minimum Gasteiger partial charge on any atom is -0.396 e. The predicted molar refractivity (Wildman–Crippen MR) is 26.6 cm³/mol. The molecular weight excluding hydrogens is 184 g/mol. The van der Waals surface area contributed by atoms with Crippen LogP contribution in [-0.4, -0.2) is 11.7 Å².